The number of anilines is 1. The van der Waals surface area contributed by atoms with Gasteiger partial charge in [-0.3, -0.25) is 9.59 Å². The highest BCUT2D eigenvalue weighted by Gasteiger charge is 2.29. The van der Waals surface area contributed by atoms with Crippen molar-refractivity contribution in [1.82, 2.24) is 15.1 Å². The van der Waals surface area contributed by atoms with Gasteiger partial charge in [0.15, 0.2) is 0 Å². The maximum Gasteiger partial charge on any atom is 0.263 e. The maximum atomic E-state index is 12.5. The Hall–Kier alpha value is -1.80. The number of likely N-dealkylation sites (tertiary alicyclic amines) is 1. The molecular formula is C16H20N4O2S2. The van der Waals surface area contributed by atoms with Crippen molar-refractivity contribution >= 4 is 39.6 Å². The fourth-order valence-electron chi connectivity index (χ4n) is 2.66. The lowest BCUT2D eigenvalue weighted by Crippen LogP contribution is -2.43. The summed E-state index contributed by atoms with van der Waals surface area (Å²) in [6, 6.07) is 3.69. The fourth-order valence-corrected chi connectivity index (χ4v) is 4.10. The van der Waals surface area contributed by atoms with Crippen LogP contribution in [0.3, 0.4) is 0 Å². The van der Waals surface area contributed by atoms with E-state index in [2.05, 4.69) is 15.5 Å². The van der Waals surface area contributed by atoms with Gasteiger partial charge in [0.2, 0.25) is 11.0 Å². The molecule has 1 fully saturated rings. The van der Waals surface area contributed by atoms with Crippen molar-refractivity contribution in [3.05, 3.63) is 27.4 Å². The first-order valence-electron chi connectivity index (χ1n) is 8.01. The minimum absolute atomic E-state index is 0.0144. The number of thiophene rings is 1. The molecule has 0 aromatic carbocycles. The molecule has 3 rings (SSSR count). The van der Waals surface area contributed by atoms with Gasteiger partial charge < -0.3 is 10.2 Å². The molecule has 0 aliphatic carbocycles. The van der Waals surface area contributed by atoms with Crippen LogP contribution in [0.5, 0.6) is 0 Å². The third-order valence-corrected chi connectivity index (χ3v) is 5.97. The van der Waals surface area contributed by atoms with Crippen LogP contribution in [-0.2, 0) is 4.79 Å². The van der Waals surface area contributed by atoms with Gasteiger partial charge in [-0.15, -0.1) is 21.5 Å². The van der Waals surface area contributed by atoms with Crippen LogP contribution in [0.25, 0.3) is 0 Å². The van der Waals surface area contributed by atoms with Gasteiger partial charge in [-0.1, -0.05) is 31.3 Å². The molecule has 1 aliphatic rings. The van der Waals surface area contributed by atoms with Crippen LogP contribution in [0.4, 0.5) is 5.13 Å². The Kier molecular flexibility index (Phi) is 5.25. The molecule has 2 aromatic heterocycles. The Bertz CT molecular complexity index is 711. The molecule has 1 N–H and O–H groups in total. The van der Waals surface area contributed by atoms with E-state index in [-0.39, 0.29) is 17.7 Å². The molecule has 6 nitrogen and oxygen atoms in total. The first-order chi connectivity index (χ1) is 11.5. The van der Waals surface area contributed by atoms with Crippen molar-refractivity contribution < 1.29 is 9.59 Å². The molecule has 0 saturated carbocycles. The van der Waals surface area contributed by atoms with Gasteiger partial charge in [0.1, 0.15) is 5.01 Å². The molecule has 2 aromatic rings. The zero-order valence-corrected chi connectivity index (χ0v) is 15.3. The molecule has 1 unspecified atom stereocenters. The number of hydrogen-bond acceptors (Lipinski definition) is 6. The van der Waals surface area contributed by atoms with Gasteiger partial charge in [0.25, 0.3) is 5.91 Å². The zero-order valence-electron chi connectivity index (χ0n) is 13.7. The van der Waals surface area contributed by atoms with Gasteiger partial charge in [0.05, 0.1) is 10.8 Å². The van der Waals surface area contributed by atoms with Crippen molar-refractivity contribution in [2.45, 2.75) is 32.6 Å². The van der Waals surface area contributed by atoms with Crippen LogP contribution in [0.1, 0.15) is 47.3 Å². The quantitative estimate of drug-likeness (QED) is 0.904. The first-order valence-corrected chi connectivity index (χ1v) is 9.71. The zero-order chi connectivity index (χ0) is 17.1. The summed E-state index contributed by atoms with van der Waals surface area (Å²) in [5.41, 5.74) is 0. The third-order valence-electron chi connectivity index (χ3n) is 3.98. The maximum absolute atomic E-state index is 12.5. The standard InChI is InChI=1S/C16H20N4O2S2/c1-10(2)14-18-19-16(24-14)17-13(21)11-5-3-7-20(9-11)15(22)12-6-4-8-23-12/h4,6,8,10-11H,3,5,7,9H2,1-2H3,(H,17,19,21). The summed E-state index contributed by atoms with van der Waals surface area (Å²) in [6.07, 6.45) is 1.62. The minimum atomic E-state index is -0.200. The molecule has 24 heavy (non-hydrogen) atoms. The number of piperidine rings is 1. The van der Waals surface area contributed by atoms with Gasteiger partial charge in [-0.05, 0) is 24.3 Å². The predicted octanol–water partition coefficient (Wildman–Crippen LogP) is 3.21. The summed E-state index contributed by atoms with van der Waals surface area (Å²) in [4.78, 5) is 27.4. The first kappa shape index (κ1) is 17.0. The lowest BCUT2D eigenvalue weighted by molar-refractivity contribution is -0.121. The Balaban J connectivity index is 1.61. The van der Waals surface area contributed by atoms with E-state index in [0.29, 0.717) is 24.1 Å². The largest absolute Gasteiger partial charge is 0.337 e. The molecule has 2 amide bonds. The van der Waals surface area contributed by atoms with Crippen LogP contribution in [-0.4, -0.2) is 40.0 Å². The molecule has 1 aliphatic heterocycles. The molecule has 3 heterocycles. The summed E-state index contributed by atoms with van der Waals surface area (Å²) >= 11 is 2.84. The fraction of sp³-hybridized carbons (Fsp3) is 0.500. The van der Waals surface area contributed by atoms with Crippen LogP contribution in [0, 0.1) is 5.92 Å². The van der Waals surface area contributed by atoms with Crippen LogP contribution >= 0.6 is 22.7 Å². The number of aromatic nitrogens is 2. The van der Waals surface area contributed by atoms with E-state index in [1.165, 1.54) is 22.7 Å². The van der Waals surface area contributed by atoms with E-state index in [9.17, 15) is 9.59 Å². The highest BCUT2D eigenvalue weighted by atomic mass is 32.1. The number of carbonyl (C=O) groups excluding carboxylic acids is 2. The van der Waals surface area contributed by atoms with Crippen molar-refractivity contribution in [2.24, 2.45) is 5.92 Å². The lowest BCUT2D eigenvalue weighted by atomic mass is 9.97. The molecule has 8 heteroatoms. The minimum Gasteiger partial charge on any atom is -0.337 e. The van der Waals surface area contributed by atoms with Crippen molar-refractivity contribution in [3.63, 3.8) is 0 Å². The second-order valence-electron chi connectivity index (χ2n) is 6.16. The predicted molar refractivity (Wildman–Crippen MR) is 95.6 cm³/mol. The number of nitrogens with one attached hydrogen (secondary N) is 1. The summed E-state index contributed by atoms with van der Waals surface area (Å²) in [7, 11) is 0. The van der Waals surface area contributed by atoms with Gasteiger partial charge in [0, 0.05) is 19.0 Å². The number of amides is 2. The van der Waals surface area contributed by atoms with Crippen LogP contribution < -0.4 is 5.32 Å². The van der Waals surface area contributed by atoms with Crippen molar-refractivity contribution in [2.75, 3.05) is 18.4 Å². The number of carbonyl (C=O) groups is 2. The molecule has 1 atom stereocenters. The van der Waals surface area contributed by atoms with E-state index >= 15 is 0 Å². The number of nitrogens with zero attached hydrogens (tertiary/aromatic N) is 3. The highest BCUT2D eigenvalue weighted by molar-refractivity contribution is 7.15. The molecule has 0 radical (unpaired) electrons. The summed E-state index contributed by atoms with van der Waals surface area (Å²) in [5.74, 6) is 0.0291. The van der Waals surface area contributed by atoms with E-state index in [4.69, 9.17) is 0 Å². The highest BCUT2D eigenvalue weighted by Crippen LogP contribution is 2.25. The average molecular weight is 364 g/mol. The summed E-state index contributed by atoms with van der Waals surface area (Å²) in [6.45, 7) is 5.25. The molecule has 0 spiro atoms. The molecule has 0 bridgehead atoms. The Morgan fingerprint density at radius 1 is 1.38 bits per heavy atom. The SMILES string of the molecule is CC(C)c1nnc(NC(=O)C2CCCN(C(=O)c3cccs3)C2)s1. The third kappa shape index (κ3) is 3.81. The monoisotopic (exact) mass is 364 g/mol. The number of hydrogen-bond donors (Lipinski definition) is 1. The molecule has 1 saturated heterocycles. The van der Waals surface area contributed by atoms with Gasteiger partial charge in [-0.25, -0.2) is 0 Å². The summed E-state index contributed by atoms with van der Waals surface area (Å²) < 4.78 is 0. The van der Waals surface area contributed by atoms with E-state index < -0.39 is 0 Å². The lowest BCUT2D eigenvalue weighted by Gasteiger charge is -2.31. The second-order valence-corrected chi connectivity index (χ2v) is 8.11. The topological polar surface area (TPSA) is 75.2 Å². The molecule has 128 valence electrons. The Morgan fingerprint density at radius 3 is 2.88 bits per heavy atom. The molecular weight excluding hydrogens is 344 g/mol. The Labute approximate surface area is 148 Å². The van der Waals surface area contributed by atoms with Crippen LogP contribution in [0.2, 0.25) is 0 Å². The average Bonchev–Trinajstić information content (AvgIpc) is 3.26. The normalized spacial score (nSPS) is 18.0. The van der Waals surface area contributed by atoms with Crippen molar-refractivity contribution in [1.29, 1.82) is 0 Å². The number of rotatable bonds is 4. The van der Waals surface area contributed by atoms with Crippen molar-refractivity contribution in [3.8, 4) is 0 Å². The van der Waals surface area contributed by atoms with E-state index in [0.717, 1.165) is 22.7 Å². The second kappa shape index (κ2) is 7.40. The van der Waals surface area contributed by atoms with Gasteiger partial charge >= 0.3 is 0 Å². The summed E-state index contributed by atoms with van der Waals surface area (Å²) in [5, 5.41) is 14.3. The van der Waals surface area contributed by atoms with E-state index in [1.807, 2.05) is 31.4 Å². The smallest absolute Gasteiger partial charge is 0.263 e. The van der Waals surface area contributed by atoms with E-state index in [1.54, 1.807) is 4.90 Å². The van der Waals surface area contributed by atoms with Gasteiger partial charge in [-0.2, -0.15) is 0 Å². The Morgan fingerprint density at radius 2 is 2.21 bits per heavy atom. The van der Waals surface area contributed by atoms with Crippen LogP contribution in [0.15, 0.2) is 17.5 Å².